The molecule has 148 valence electrons. The Morgan fingerprint density at radius 1 is 1.39 bits per heavy atom. The summed E-state index contributed by atoms with van der Waals surface area (Å²) in [6.07, 6.45) is 4.23. The van der Waals surface area contributed by atoms with E-state index in [4.69, 9.17) is 21.6 Å². The van der Waals surface area contributed by atoms with Crippen LogP contribution in [-0.4, -0.2) is 55.6 Å². The fourth-order valence-electron chi connectivity index (χ4n) is 3.34. The number of nitrogens with one attached hydrogen (secondary N) is 2. The van der Waals surface area contributed by atoms with E-state index in [1.165, 1.54) is 6.33 Å². The fourth-order valence-corrected chi connectivity index (χ4v) is 3.34. The van der Waals surface area contributed by atoms with E-state index in [-0.39, 0.29) is 11.8 Å². The molecule has 0 amide bonds. The number of ether oxygens (including phenoxy) is 1. The lowest BCUT2D eigenvalue weighted by Crippen LogP contribution is -2.23. The molecule has 8 heteroatoms. The van der Waals surface area contributed by atoms with Gasteiger partial charge in [0.25, 0.3) is 0 Å². The van der Waals surface area contributed by atoms with Crippen LogP contribution < -0.4 is 21.7 Å². The number of nitrogens with two attached hydrogens (primary N) is 2. The van der Waals surface area contributed by atoms with E-state index >= 15 is 0 Å². The number of nitrogens with zero attached hydrogens (tertiary/aromatic N) is 3. The van der Waals surface area contributed by atoms with Crippen LogP contribution in [0.3, 0.4) is 0 Å². The molecule has 2 aromatic rings. The molecule has 1 fully saturated rings. The fraction of sp³-hybridized carbons (Fsp3) is 0.350. The first-order chi connectivity index (χ1) is 13.6. The van der Waals surface area contributed by atoms with Gasteiger partial charge in [-0.05, 0) is 42.9 Å². The van der Waals surface area contributed by atoms with Gasteiger partial charge in [0.05, 0.1) is 17.5 Å². The predicted molar refractivity (Wildman–Crippen MR) is 113 cm³/mol. The molecular formula is C20H27N7O. The lowest BCUT2D eigenvalue weighted by Gasteiger charge is -2.18. The number of anilines is 2. The zero-order valence-corrected chi connectivity index (χ0v) is 16.3. The molecule has 1 aromatic heterocycles. The quantitative estimate of drug-likeness (QED) is 0.419. The van der Waals surface area contributed by atoms with Crippen molar-refractivity contribution < 1.29 is 4.74 Å². The maximum absolute atomic E-state index is 8.67. The molecule has 1 atom stereocenters. The van der Waals surface area contributed by atoms with Crippen molar-refractivity contribution in [2.45, 2.75) is 12.5 Å². The van der Waals surface area contributed by atoms with Crippen molar-refractivity contribution in [3.63, 3.8) is 0 Å². The zero-order chi connectivity index (χ0) is 20.1. The molecule has 1 saturated heterocycles. The Labute approximate surface area is 165 Å². The zero-order valence-electron chi connectivity index (χ0n) is 16.3. The molecule has 0 aliphatic carbocycles. The van der Waals surface area contributed by atoms with Gasteiger partial charge in [-0.2, -0.15) is 0 Å². The third-order valence-electron chi connectivity index (χ3n) is 4.97. The minimum atomic E-state index is 0.207. The molecule has 1 aliphatic heterocycles. The number of methoxy groups -OCH3 is 1. The van der Waals surface area contributed by atoms with Gasteiger partial charge in [0.15, 0.2) is 0 Å². The van der Waals surface area contributed by atoms with Gasteiger partial charge in [0.1, 0.15) is 12.1 Å². The van der Waals surface area contributed by atoms with Crippen molar-refractivity contribution in [3.05, 3.63) is 53.6 Å². The number of likely N-dealkylation sites (N-methyl/N-ethyl adjacent to an activating group) is 1. The van der Waals surface area contributed by atoms with Crippen LogP contribution in [0.4, 0.5) is 11.5 Å². The van der Waals surface area contributed by atoms with Gasteiger partial charge in [-0.25, -0.2) is 9.97 Å². The van der Waals surface area contributed by atoms with E-state index in [9.17, 15) is 0 Å². The molecular weight excluding hydrogens is 354 g/mol. The van der Waals surface area contributed by atoms with Crippen molar-refractivity contribution in [2.75, 3.05) is 44.4 Å². The van der Waals surface area contributed by atoms with E-state index in [0.29, 0.717) is 23.5 Å². The first-order valence-electron chi connectivity index (χ1n) is 9.21. The van der Waals surface area contributed by atoms with Crippen LogP contribution in [0.15, 0.2) is 36.8 Å². The van der Waals surface area contributed by atoms with Gasteiger partial charge in [0, 0.05) is 44.1 Å². The van der Waals surface area contributed by atoms with E-state index in [2.05, 4.69) is 20.2 Å². The molecule has 1 aromatic carbocycles. The standard InChI is InChI=1S/C20H27N7O/c1-24-10-14(9-21)13-3-4-17(22)16(7-13)20(23)18-8-19(26-12-25-18)27-6-5-15(11-27)28-2/h3-4,7-9,12,15,23-24H,5-6,10-11,21-22H2,1-2H3/b14-9+,23-20?/t15-/m0/s1. The number of rotatable bonds is 7. The monoisotopic (exact) mass is 381 g/mol. The Bertz CT molecular complexity index is 881. The Morgan fingerprint density at radius 2 is 2.21 bits per heavy atom. The average Bonchev–Trinajstić information content (AvgIpc) is 3.21. The van der Waals surface area contributed by atoms with Gasteiger partial charge in [-0.15, -0.1) is 0 Å². The van der Waals surface area contributed by atoms with Gasteiger partial charge in [-0.1, -0.05) is 6.07 Å². The highest BCUT2D eigenvalue weighted by atomic mass is 16.5. The highest BCUT2D eigenvalue weighted by Gasteiger charge is 2.24. The van der Waals surface area contributed by atoms with Crippen LogP contribution in [0.5, 0.6) is 0 Å². The van der Waals surface area contributed by atoms with Gasteiger partial charge < -0.3 is 26.4 Å². The molecule has 6 N–H and O–H groups in total. The van der Waals surface area contributed by atoms with Crippen LogP contribution in [-0.2, 0) is 4.74 Å². The average molecular weight is 381 g/mol. The summed E-state index contributed by atoms with van der Waals surface area (Å²) in [5, 5.41) is 11.8. The minimum Gasteiger partial charge on any atom is -0.404 e. The van der Waals surface area contributed by atoms with Crippen LogP contribution >= 0.6 is 0 Å². The second kappa shape index (κ2) is 8.81. The Morgan fingerprint density at radius 3 is 2.89 bits per heavy atom. The minimum absolute atomic E-state index is 0.207. The molecule has 0 radical (unpaired) electrons. The summed E-state index contributed by atoms with van der Waals surface area (Å²) in [6, 6.07) is 7.42. The number of aromatic nitrogens is 2. The van der Waals surface area contributed by atoms with E-state index in [1.807, 2.05) is 25.2 Å². The molecule has 8 nitrogen and oxygen atoms in total. The topological polar surface area (TPSA) is 126 Å². The number of benzene rings is 1. The molecule has 1 aliphatic rings. The summed E-state index contributed by atoms with van der Waals surface area (Å²) < 4.78 is 5.43. The number of nitrogen functional groups attached to an aromatic ring is 1. The molecule has 0 saturated carbocycles. The van der Waals surface area contributed by atoms with E-state index in [0.717, 1.165) is 36.5 Å². The van der Waals surface area contributed by atoms with Crippen LogP contribution in [0.1, 0.15) is 23.2 Å². The molecule has 0 bridgehead atoms. The maximum atomic E-state index is 8.67. The smallest absolute Gasteiger partial charge is 0.132 e. The highest BCUT2D eigenvalue weighted by Crippen LogP contribution is 2.24. The Hall–Kier alpha value is -2.97. The second-order valence-electron chi connectivity index (χ2n) is 6.75. The van der Waals surface area contributed by atoms with Gasteiger partial charge >= 0.3 is 0 Å². The summed E-state index contributed by atoms with van der Waals surface area (Å²) in [5.74, 6) is 0.793. The van der Waals surface area contributed by atoms with Crippen LogP contribution in [0.25, 0.3) is 5.57 Å². The van der Waals surface area contributed by atoms with Crippen molar-refractivity contribution in [1.82, 2.24) is 15.3 Å². The molecule has 2 heterocycles. The molecule has 3 rings (SSSR count). The molecule has 0 unspecified atom stereocenters. The maximum Gasteiger partial charge on any atom is 0.132 e. The van der Waals surface area contributed by atoms with E-state index in [1.54, 1.807) is 19.4 Å². The van der Waals surface area contributed by atoms with Crippen LogP contribution in [0.2, 0.25) is 0 Å². The highest BCUT2D eigenvalue weighted by molar-refractivity contribution is 6.13. The normalized spacial score (nSPS) is 17.1. The van der Waals surface area contributed by atoms with Crippen LogP contribution in [0, 0.1) is 5.41 Å². The summed E-state index contributed by atoms with van der Waals surface area (Å²) in [6.45, 7) is 2.28. The lowest BCUT2D eigenvalue weighted by atomic mass is 9.98. The summed E-state index contributed by atoms with van der Waals surface area (Å²) in [4.78, 5) is 10.8. The Kier molecular flexibility index (Phi) is 6.23. The number of hydrogen-bond acceptors (Lipinski definition) is 8. The molecule has 0 spiro atoms. The van der Waals surface area contributed by atoms with Crippen molar-refractivity contribution in [1.29, 1.82) is 5.41 Å². The summed E-state index contributed by atoms with van der Waals surface area (Å²) in [5.41, 5.74) is 15.7. The first-order valence-corrected chi connectivity index (χ1v) is 9.21. The van der Waals surface area contributed by atoms with Crippen molar-refractivity contribution >= 4 is 22.8 Å². The van der Waals surface area contributed by atoms with Gasteiger partial charge in [0.2, 0.25) is 0 Å². The molecule has 28 heavy (non-hydrogen) atoms. The van der Waals surface area contributed by atoms with Gasteiger partial charge in [-0.3, -0.25) is 5.41 Å². The largest absolute Gasteiger partial charge is 0.404 e. The van der Waals surface area contributed by atoms with E-state index < -0.39 is 0 Å². The number of hydrogen-bond donors (Lipinski definition) is 4. The summed E-state index contributed by atoms with van der Waals surface area (Å²) >= 11 is 0. The third kappa shape index (κ3) is 4.13. The SMILES string of the molecule is CNC/C(=C\N)c1ccc(N)c(C(=N)c2cc(N3CC[C@H](OC)C3)ncn2)c1. The van der Waals surface area contributed by atoms with Crippen molar-refractivity contribution in [3.8, 4) is 0 Å². The predicted octanol–water partition coefficient (Wildman–Crippen LogP) is 1.22. The Balaban J connectivity index is 1.89. The second-order valence-corrected chi connectivity index (χ2v) is 6.75. The van der Waals surface area contributed by atoms with Crippen molar-refractivity contribution in [2.24, 2.45) is 5.73 Å². The lowest BCUT2D eigenvalue weighted by molar-refractivity contribution is 0.121. The first kappa shape index (κ1) is 19.8. The third-order valence-corrected chi connectivity index (χ3v) is 4.97. The summed E-state index contributed by atoms with van der Waals surface area (Å²) in [7, 11) is 3.59.